The molecule has 0 spiro atoms. The molecule has 0 aliphatic carbocycles. The molecule has 0 saturated carbocycles. The molecule has 0 radical (unpaired) electrons. The number of carbonyl (C=O) groups excluding carboxylic acids is 2. The van der Waals surface area contributed by atoms with E-state index in [-0.39, 0.29) is 29.2 Å². The summed E-state index contributed by atoms with van der Waals surface area (Å²) >= 11 is 0. The number of aromatic nitrogens is 2. The Morgan fingerprint density at radius 3 is 2.64 bits per heavy atom. The second-order valence-electron chi connectivity index (χ2n) is 9.01. The monoisotopic (exact) mass is 493 g/mol. The van der Waals surface area contributed by atoms with Crippen molar-refractivity contribution in [2.75, 3.05) is 0 Å². The Bertz CT molecular complexity index is 1430. The third-order valence-corrected chi connectivity index (χ3v) is 6.61. The van der Waals surface area contributed by atoms with Crippen molar-refractivity contribution in [3.63, 3.8) is 0 Å². The van der Waals surface area contributed by atoms with E-state index in [4.69, 9.17) is 20.2 Å². The number of aliphatic hydroxyl groups is 1. The van der Waals surface area contributed by atoms with Crippen LogP contribution >= 0.6 is 0 Å². The molecule has 190 valence electrons. The largest absolute Gasteiger partial charge is 0.458 e. The van der Waals surface area contributed by atoms with Crippen LogP contribution in [-0.2, 0) is 33.9 Å². The summed E-state index contributed by atoms with van der Waals surface area (Å²) < 4.78 is 12.1. The summed E-state index contributed by atoms with van der Waals surface area (Å²) in [5.74, 6) is -0.936. The smallest absolute Gasteiger partial charge is 0.340 e. The van der Waals surface area contributed by atoms with E-state index in [1.807, 2.05) is 34.6 Å². The van der Waals surface area contributed by atoms with Gasteiger partial charge in [0.25, 0.3) is 5.56 Å². The molecule has 4 heterocycles. The zero-order valence-corrected chi connectivity index (χ0v) is 21.1. The van der Waals surface area contributed by atoms with Crippen molar-refractivity contribution >= 4 is 22.8 Å². The maximum atomic E-state index is 13.2. The van der Waals surface area contributed by atoms with Crippen LogP contribution in [0.25, 0.3) is 22.3 Å². The maximum Gasteiger partial charge on any atom is 0.340 e. The molecule has 2 aliphatic rings. The molecule has 1 unspecified atom stereocenters. The lowest BCUT2D eigenvalue weighted by molar-refractivity contribution is -0.157. The molecule has 9 nitrogen and oxygen atoms in total. The Kier molecular flexibility index (Phi) is 6.97. The molecule has 2 aromatic heterocycles. The van der Waals surface area contributed by atoms with Gasteiger partial charge < -0.3 is 24.9 Å². The molecule has 3 N–H and O–H groups in total. The van der Waals surface area contributed by atoms with Gasteiger partial charge in [-0.1, -0.05) is 34.6 Å². The Balaban J connectivity index is 0.00000148. The van der Waals surface area contributed by atoms with Crippen molar-refractivity contribution in [3.8, 4) is 17.1 Å². The molecule has 9 heteroatoms. The van der Waals surface area contributed by atoms with E-state index in [9.17, 15) is 19.5 Å². The number of aryl methyl sites for hydroxylation is 1. The molecule has 0 saturated heterocycles. The second-order valence-corrected chi connectivity index (χ2v) is 9.01. The van der Waals surface area contributed by atoms with Crippen molar-refractivity contribution in [1.29, 1.82) is 0 Å². The number of rotatable bonds is 4. The van der Waals surface area contributed by atoms with Crippen LogP contribution in [0.1, 0.15) is 63.0 Å². The highest BCUT2D eigenvalue weighted by Crippen LogP contribution is 2.38. The van der Waals surface area contributed by atoms with Crippen molar-refractivity contribution in [2.24, 2.45) is 11.7 Å². The minimum absolute atomic E-state index is 0.0500. The predicted molar refractivity (Wildman–Crippen MR) is 134 cm³/mol. The number of carbonyl (C=O) groups is 2. The zero-order chi connectivity index (χ0) is 26.3. The second kappa shape index (κ2) is 9.83. The fourth-order valence-corrected chi connectivity index (χ4v) is 4.61. The lowest BCUT2D eigenvalue weighted by Gasteiger charge is -2.21. The molecule has 36 heavy (non-hydrogen) atoms. The number of hydrogen-bond donors (Lipinski definition) is 2. The van der Waals surface area contributed by atoms with Crippen LogP contribution in [0, 0.1) is 5.92 Å². The molecule has 0 amide bonds. The molecular weight excluding hydrogens is 462 g/mol. The van der Waals surface area contributed by atoms with Gasteiger partial charge in [0.15, 0.2) is 6.10 Å². The zero-order valence-electron chi connectivity index (χ0n) is 21.1. The minimum atomic E-state index is -1.49. The van der Waals surface area contributed by atoms with Crippen LogP contribution < -0.4 is 16.0 Å². The molecule has 0 fully saturated rings. The van der Waals surface area contributed by atoms with Gasteiger partial charge in [-0.25, -0.2) is 14.6 Å². The number of ether oxygens (including phenoxy) is 2. The van der Waals surface area contributed by atoms with Crippen molar-refractivity contribution < 1.29 is 24.2 Å². The van der Waals surface area contributed by atoms with Crippen LogP contribution in [0.4, 0.5) is 0 Å². The SMILES string of the molecule is CC.CCc1c2c(nc3ccc(OC(=O)C(N)C(C)C)cc13)-c1cc3c(c(=O)n1C2)COC(=O)[C@H]3O. The van der Waals surface area contributed by atoms with E-state index in [1.54, 1.807) is 28.8 Å². The van der Waals surface area contributed by atoms with Crippen LogP contribution in [0.3, 0.4) is 0 Å². The van der Waals surface area contributed by atoms with E-state index in [1.165, 1.54) is 0 Å². The van der Waals surface area contributed by atoms with Crippen molar-refractivity contribution in [1.82, 2.24) is 9.55 Å². The average molecular weight is 494 g/mol. The molecule has 1 aromatic carbocycles. The van der Waals surface area contributed by atoms with Gasteiger partial charge in [0.1, 0.15) is 18.4 Å². The quantitative estimate of drug-likeness (QED) is 0.327. The van der Waals surface area contributed by atoms with Crippen LogP contribution in [0.15, 0.2) is 29.1 Å². The number of nitrogens with zero attached hydrogens (tertiary/aromatic N) is 2. The summed E-state index contributed by atoms with van der Waals surface area (Å²) in [5, 5.41) is 11.1. The highest BCUT2D eigenvalue weighted by Gasteiger charge is 2.34. The molecular formula is C27H31N3O6. The average Bonchev–Trinajstić information content (AvgIpc) is 3.24. The maximum absolute atomic E-state index is 13.2. The van der Waals surface area contributed by atoms with Crippen LogP contribution in [0.5, 0.6) is 5.75 Å². The van der Waals surface area contributed by atoms with E-state index in [0.29, 0.717) is 35.6 Å². The Hall–Kier alpha value is -3.56. The van der Waals surface area contributed by atoms with E-state index >= 15 is 0 Å². The summed E-state index contributed by atoms with van der Waals surface area (Å²) in [4.78, 5) is 42.2. The normalized spacial score (nSPS) is 16.4. The van der Waals surface area contributed by atoms with E-state index < -0.39 is 24.1 Å². The molecule has 5 rings (SSSR count). The minimum Gasteiger partial charge on any atom is -0.458 e. The van der Waals surface area contributed by atoms with Gasteiger partial charge in [0.05, 0.1) is 29.0 Å². The first-order valence-corrected chi connectivity index (χ1v) is 12.3. The topological polar surface area (TPSA) is 134 Å². The first-order chi connectivity index (χ1) is 17.2. The molecule has 2 aliphatic heterocycles. The van der Waals surface area contributed by atoms with Crippen molar-refractivity contribution in [3.05, 3.63) is 56.9 Å². The third kappa shape index (κ3) is 4.08. The van der Waals surface area contributed by atoms with Gasteiger partial charge in [0.2, 0.25) is 0 Å². The summed E-state index contributed by atoms with van der Waals surface area (Å²) in [6, 6.07) is 6.15. The van der Waals surface area contributed by atoms with Gasteiger partial charge >= 0.3 is 11.9 Å². The fraction of sp³-hybridized carbons (Fsp3) is 0.407. The van der Waals surface area contributed by atoms with Gasteiger partial charge in [0, 0.05) is 16.5 Å². The van der Waals surface area contributed by atoms with Gasteiger partial charge in [-0.3, -0.25) is 4.79 Å². The number of fused-ring (bicyclic) bond motifs is 5. The Labute approximate surface area is 208 Å². The summed E-state index contributed by atoms with van der Waals surface area (Å²) in [7, 11) is 0. The summed E-state index contributed by atoms with van der Waals surface area (Å²) in [6.45, 7) is 9.87. The van der Waals surface area contributed by atoms with Crippen LogP contribution in [-0.4, -0.2) is 32.6 Å². The number of esters is 2. The number of aliphatic hydroxyl groups excluding tert-OH is 1. The lowest BCUT2D eigenvalue weighted by atomic mass is 9.97. The first-order valence-electron chi connectivity index (χ1n) is 12.3. The Morgan fingerprint density at radius 2 is 1.97 bits per heavy atom. The summed E-state index contributed by atoms with van der Waals surface area (Å²) in [5.41, 5.74) is 9.91. The molecule has 3 aromatic rings. The van der Waals surface area contributed by atoms with Gasteiger partial charge in [-0.15, -0.1) is 0 Å². The van der Waals surface area contributed by atoms with E-state index in [2.05, 4.69) is 0 Å². The predicted octanol–water partition coefficient (Wildman–Crippen LogP) is 2.99. The lowest BCUT2D eigenvalue weighted by Crippen LogP contribution is -2.38. The Morgan fingerprint density at radius 1 is 1.25 bits per heavy atom. The van der Waals surface area contributed by atoms with Gasteiger partial charge in [-0.05, 0) is 42.2 Å². The van der Waals surface area contributed by atoms with Crippen LogP contribution in [0.2, 0.25) is 0 Å². The summed E-state index contributed by atoms with van der Waals surface area (Å²) in [6.07, 6.45) is -0.830. The highest BCUT2D eigenvalue weighted by atomic mass is 16.5. The fourth-order valence-electron chi connectivity index (χ4n) is 4.61. The number of hydrogen-bond acceptors (Lipinski definition) is 8. The number of benzene rings is 1. The van der Waals surface area contributed by atoms with Gasteiger partial charge in [-0.2, -0.15) is 0 Å². The standard InChI is InChI=1S/C25H25N3O6.C2H6/c1-4-13-14-7-12(34-24(31)20(26)11(2)3)5-6-18(14)27-21-16(13)9-28-19(21)8-15-17(23(28)30)10-33-25(32)22(15)29;1-2/h5-8,11,20,22,29H,4,9-10,26H2,1-3H3;1-2H3/t20?,22-;/m0./s1. The molecule has 2 atom stereocenters. The molecule has 0 bridgehead atoms. The number of nitrogens with two attached hydrogens (primary N) is 1. The first kappa shape index (κ1) is 25.5. The number of cyclic esters (lactones) is 1. The number of pyridine rings is 2. The van der Waals surface area contributed by atoms with Crippen molar-refractivity contribution in [2.45, 2.75) is 66.3 Å². The third-order valence-electron chi connectivity index (χ3n) is 6.61. The van der Waals surface area contributed by atoms with E-state index in [0.717, 1.165) is 16.5 Å². The highest BCUT2D eigenvalue weighted by molar-refractivity contribution is 5.90.